The average molecular weight is 181 g/mol. The van der Waals surface area contributed by atoms with Gasteiger partial charge >= 0.3 is 0 Å². The van der Waals surface area contributed by atoms with Crippen LogP contribution < -0.4 is 16.0 Å². The van der Waals surface area contributed by atoms with Crippen molar-refractivity contribution in [2.45, 2.75) is 0 Å². The van der Waals surface area contributed by atoms with Crippen LogP contribution in [0.5, 0.6) is 0 Å². The number of nitrogens with zero attached hydrogens (tertiary/aromatic N) is 1. The monoisotopic (exact) mass is 181 g/mol. The number of furan rings is 1. The molecule has 13 heavy (non-hydrogen) atoms. The van der Waals surface area contributed by atoms with Crippen LogP contribution in [0.2, 0.25) is 0 Å². The summed E-state index contributed by atoms with van der Waals surface area (Å²) in [4.78, 5) is 1.50. The Labute approximate surface area is 75.3 Å². The first-order chi connectivity index (χ1) is 6.11. The van der Waals surface area contributed by atoms with Gasteiger partial charge < -0.3 is 15.1 Å². The van der Waals surface area contributed by atoms with Gasteiger partial charge in [0.25, 0.3) is 0 Å². The highest BCUT2D eigenvalue weighted by Gasteiger charge is 2.07. The predicted octanol–water partition coefficient (Wildman–Crippen LogP) is 0.134. The zero-order valence-electron chi connectivity index (χ0n) is 7.16. The van der Waals surface area contributed by atoms with Crippen molar-refractivity contribution in [3.8, 4) is 0 Å². The van der Waals surface area contributed by atoms with E-state index in [1.807, 2.05) is 0 Å². The molecule has 0 fully saturated rings. The van der Waals surface area contributed by atoms with Gasteiger partial charge in [0.1, 0.15) is 6.26 Å². The molecular formula is C7H11N5O. The highest BCUT2D eigenvalue weighted by Crippen LogP contribution is 2.11. The zero-order valence-corrected chi connectivity index (χ0v) is 7.16. The fourth-order valence-electron chi connectivity index (χ4n) is 0.789. The summed E-state index contributed by atoms with van der Waals surface area (Å²) in [6.07, 6.45) is 3.00. The van der Waals surface area contributed by atoms with Crippen LogP contribution in [0.4, 0.5) is 5.69 Å². The first kappa shape index (κ1) is 9.11. The molecule has 0 aliphatic carbocycles. The molecule has 1 aromatic heterocycles. The van der Waals surface area contributed by atoms with Crippen LogP contribution in [0.1, 0.15) is 0 Å². The van der Waals surface area contributed by atoms with E-state index < -0.39 is 0 Å². The summed E-state index contributed by atoms with van der Waals surface area (Å²) in [7, 11) is 1.67. The van der Waals surface area contributed by atoms with Gasteiger partial charge in [0, 0.05) is 13.1 Å². The van der Waals surface area contributed by atoms with Crippen molar-refractivity contribution in [2.24, 2.45) is 5.73 Å². The maximum Gasteiger partial charge on any atom is 0.202 e. The third kappa shape index (κ3) is 2.22. The molecule has 6 nitrogen and oxygen atoms in total. The minimum absolute atomic E-state index is 0.0221. The lowest BCUT2D eigenvalue weighted by Gasteiger charge is -2.17. The van der Waals surface area contributed by atoms with Crippen molar-refractivity contribution in [1.29, 1.82) is 10.8 Å². The van der Waals surface area contributed by atoms with Crippen molar-refractivity contribution in [2.75, 3.05) is 11.9 Å². The Morgan fingerprint density at radius 1 is 1.62 bits per heavy atom. The second-order valence-corrected chi connectivity index (χ2v) is 2.43. The first-order valence-corrected chi connectivity index (χ1v) is 3.57. The average Bonchev–Trinajstić information content (AvgIpc) is 2.53. The molecule has 0 radical (unpaired) electrons. The molecule has 0 bridgehead atoms. The maximum absolute atomic E-state index is 7.45. The molecule has 0 saturated carbocycles. The van der Waals surface area contributed by atoms with E-state index in [0.29, 0.717) is 0 Å². The fraction of sp³-hybridized carbons (Fsp3) is 0.143. The molecule has 1 rings (SSSR count). The Bertz CT molecular complexity index is 305. The highest BCUT2D eigenvalue weighted by atomic mass is 16.3. The largest absolute Gasteiger partial charge is 0.470 e. The third-order valence-electron chi connectivity index (χ3n) is 1.48. The van der Waals surface area contributed by atoms with E-state index in [1.165, 1.54) is 17.4 Å². The number of anilines is 1. The molecule has 70 valence electrons. The SMILES string of the molecule is CN(C(=N)NC(=N)N)c1ccoc1. The number of hydrogen-bond donors (Lipinski definition) is 4. The Balaban J connectivity index is 2.63. The number of rotatable bonds is 1. The lowest BCUT2D eigenvalue weighted by molar-refractivity contribution is 0.567. The molecule has 0 spiro atoms. The molecule has 1 aromatic rings. The molecule has 0 aromatic carbocycles. The smallest absolute Gasteiger partial charge is 0.202 e. The molecule has 0 amide bonds. The summed E-state index contributed by atoms with van der Waals surface area (Å²) in [6.45, 7) is 0. The van der Waals surface area contributed by atoms with Gasteiger partial charge in [-0.3, -0.25) is 16.1 Å². The molecule has 0 aliphatic heterocycles. The van der Waals surface area contributed by atoms with E-state index in [4.69, 9.17) is 21.0 Å². The highest BCUT2D eigenvalue weighted by molar-refractivity contribution is 6.03. The predicted molar refractivity (Wildman–Crippen MR) is 49.9 cm³/mol. The lowest BCUT2D eigenvalue weighted by atomic mass is 10.5. The van der Waals surface area contributed by atoms with E-state index in [1.54, 1.807) is 13.1 Å². The van der Waals surface area contributed by atoms with E-state index in [0.717, 1.165) is 5.69 Å². The van der Waals surface area contributed by atoms with Gasteiger partial charge in [0.05, 0.1) is 12.0 Å². The summed E-state index contributed by atoms with van der Waals surface area (Å²) >= 11 is 0. The van der Waals surface area contributed by atoms with Crippen molar-refractivity contribution < 1.29 is 4.42 Å². The van der Waals surface area contributed by atoms with Gasteiger partial charge in [0.2, 0.25) is 5.96 Å². The Morgan fingerprint density at radius 2 is 2.31 bits per heavy atom. The second-order valence-electron chi connectivity index (χ2n) is 2.43. The fourth-order valence-corrected chi connectivity index (χ4v) is 0.789. The number of guanidine groups is 2. The third-order valence-corrected chi connectivity index (χ3v) is 1.48. The van der Waals surface area contributed by atoms with E-state index in [2.05, 4.69) is 5.32 Å². The van der Waals surface area contributed by atoms with Crippen LogP contribution in [0, 0.1) is 10.8 Å². The van der Waals surface area contributed by atoms with Crippen molar-refractivity contribution in [3.05, 3.63) is 18.6 Å². The summed E-state index contributed by atoms with van der Waals surface area (Å²) < 4.78 is 4.84. The summed E-state index contributed by atoms with van der Waals surface area (Å²) in [5.41, 5.74) is 5.79. The molecule has 0 aliphatic rings. The van der Waals surface area contributed by atoms with Crippen LogP contribution in [-0.4, -0.2) is 19.0 Å². The van der Waals surface area contributed by atoms with Crippen LogP contribution in [0.3, 0.4) is 0 Å². The standard InChI is InChI=1S/C7H11N5O/c1-12(5-2-3-13-4-5)7(10)11-6(8)9/h2-4H,1H3,(H5,8,9,10,11). The van der Waals surface area contributed by atoms with Crippen molar-refractivity contribution in [3.63, 3.8) is 0 Å². The van der Waals surface area contributed by atoms with Crippen LogP contribution in [-0.2, 0) is 0 Å². The van der Waals surface area contributed by atoms with Crippen molar-refractivity contribution >= 4 is 17.6 Å². The van der Waals surface area contributed by atoms with E-state index in [-0.39, 0.29) is 11.9 Å². The topological polar surface area (TPSA) is 102 Å². The molecule has 6 heteroatoms. The molecule has 0 atom stereocenters. The van der Waals surface area contributed by atoms with Gasteiger partial charge in [-0.25, -0.2) is 0 Å². The van der Waals surface area contributed by atoms with Crippen LogP contribution in [0.25, 0.3) is 0 Å². The van der Waals surface area contributed by atoms with Gasteiger partial charge in [-0.15, -0.1) is 0 Å². The van der Waals surface area contributed by atoms with E-state index >= 15 is 0 Å². The van der Waals surface area contributed by atoms with Gasteiger partial charge in [-0.1, -0.05) is 0 Å². The number of nitrogens with one attached hydrogen (secondary N) is 3. The lowest BCUT2D eigenvalue weighted by Crippen LogP contribution is -2.44. The molecule has 1 heterocycles. The van der Waals surface area contributed by atoms with Gasteiger partial charge in [-0.2, -0.15) is 0 Å². The number of hydrogen-bond acceptors (Lipinski definition) is 3. The Kier molecular flexibility index (Phi) is 2.53. The Morgan fingerprint density at radius 3 is 2.77 bits per heavy atom. The van der Waals surface area contributed by atoms with Gasteiger partial charge in [0.15, 0.2) is 5.96 Å². The second kappa shape index (κ2) is 3.61. The van der Waals surface area contributed by atoms with Crippen LogP contribution >= 0.6 is 0 Å². The Hall–Kier alpha value is -1.98. The summed E-state index contributed by atoms with van der Waals surface area (Å²) in [5.74, 6) is -0.241. The maximum atomic E-state index is 7.45. The molecule has 5 N–H and O–H groups in total. The van der Waals surface area contributed by atoms with Crippen molar-refractivity contribution in [1.82, 2.24) is 5.32 Å². The first-order valence-electron chi connectivity index (χ1n) is 3.57. The van der Waals surface area contributed by atoms with Gasteiger partial charge in [-0.05, 0) is 0 Å². The molecule has 0 saturated heterocycles. The molecular weight excluding hydrogens is 170 g/mol. The summed E-state index contributed by atoms with van der Waals surface area (Å²) in [6, 6.07) is 1.70. The minimum Gasteiger partial charge on any atom is -0.470 e. The zero-order chi connectivity index (χ0) is 9.84. The number of nitrogens with two attached hydrogens (primary N) is 1. The molecule has 0 unspecified atom stereocenters. The van der Waals surface area contributed by atoms with Crippen LogP contribution in [0.15, 0.2) is 23.0 Å². The quantitative estimate of drug-likeness (QED) is 0.365. The minimum atomic E-state index is -0.264. The van der Waals surface area contributed by atoms with E-state index in [9.17, 15) is 0 Å². The summed E-state index contributed by atoms with van der Waals surface area (Å²) in [5, 5.41) is 16.7. The normalized spacial score (nSPS) is 9.31.